The Morgan fingerprint density at radius 3 is 3.00 bits per heavy atom. The molecule has 0 spiro atoms. The van der Waals surface area contributed by atoms with Crippen molar-refractivity contribution in [2.75, 3.05) is 6.54 Å². The predicted octanol–water partition coefficient (Wildman–Crippen LogP) is 1.94. The molecule has 2 aromatic heterocycles. The molecule has 4 rings (SSSR count). The largest absolute Gasteiger partial charge is 0.351 e. The number of aromatic amines is 1. The van der Waals surface area contributed by atoms with Crippen LogP contribution in [0.1, 0.15) is 22.6 Å². The average Bonchev–Trinajstić information content (AvgIpc) is 3.18. The zero-order chi connectivity index (χ0) is 14.9. The highest BCUT2D eigenvalue weighted by atomic mass is 16.1. The minimum atomic E-state index is -0.102. The summed E-state index contributed by atoms with van der Waals surface area (Å²) in [5.74, 6) is 0.612. The van der Waals surface area contributed by atoms with Gasteiger partial charge in [-0.3, -0.25) is 4.79 Å². The predicted molar refractivity (Wildman–Crippen MR) is 81.8 cm³/mol. The molecule has 3 heterocycles. The number of rotatable bonds is 2. The summed E-state index contributed by atoms with van der Waals surface area (Å²) in [6, 6.07) is 7.93. The van der Waals surface area contributed by atoms with Gasteiger partial charge in [-0.2, -0.15) is 0 Å². The van der Waals surface area contributed by atoms with Gasteiger partial charge >= 0.3 is 0 Å². The molecular formula is C16H15N5O. The smallest absolute Gasteiger partial charge is 0.271 e. The lowest BCUT2D eigenvalue weighted by Gasteiger charge is -2.07. The van der Waals surface area contributed by atoms with Crippen LogP contribution < -0.4 is 5.32 Å². The maximum absolute atomic E-state index is 12.1. The number of nitrogens with zero attached hydrogens (tertiary/aromatic N) is 3. The SMILES string of the molecule is O=C1NCCCc2[nH]c(-c3ccccc3-n3ccnc3)nc21. The summed E-state index contributed by atoms with van der Waals surface area (Å²) < 4.78 is 1.93. The number of fused-ring (bicyclic) bond motifs is 1. The van der Waals surface area contributed by atoms with Crippen molar-refractivity contribution in [2.24, 2.45) is 0 Å². The molecule has 0 aliphatic carbocycles. The molecule has 1 aliphatic heterocycles. The van der Waals surface area contributed by atoms with Crippen molar-refractivity contribution in [1.29, 1.82) is 0 Å². The maximum atomic E-state index is 12.1. The van der Waals surface area contributed by atoms with Crippen LogP contribution in [0.5, 0.6) is 0 Å². The molecule has 1 aliphatic rings. The number of carbonyl (C=O) groups excluding carboxylic acids is 1. The number of hydrogen-bond donors (Lipinski definition) is 2. The van der Waals surface area contributed by atoms with Gasteiger partial charge in [-0.1, -0.05) is 12.1 Å². The first-order chi connectivity index (χ1) is 10.8. The molecule has 1 amide bonds. The zero-order valence-electron chi connectivity index (χ0n) is 11.9. The van der Waals surface area contributed by atoms with Crippen molar-refractivity contribution in [2.45, 2.75) is 12.8 Å². The third-order valence-electron chi connectivity index (χ3n) is 3.82. The van der Waals surface area contributed by atoms with Crippen LogP contribution in [0, 0.1) is 0 Å². The van der Waals surface area contributed by atoms with Crippen LogP contribution in [0.2, 0.25) is 0 Å². The van der Waals surface area contributed by atoms with Crippen molar-refractivity contribution in [3.63, 3.8) is 0 Å². The van der Waals surface area contributed by atoms with E-state index in [0.29, 0.717) is 18.1 Å². The number of benzene rings is 1. The molecule has 0 unspecified atom stereocenters. The lowest BCUT2D eigenvalue weighted by Crippen LogP contribution is -2.23. The number of H-pyrrole nitrogens is 1. The molecule has 0 atom stereocenters. The van der Waals surface area contributed by atoms with E-state index in [1.807, 2.05) is 35.0 Å². The van der Waals surface area contributed by atoms with E-state index in [0.717, 1.165) is 29.8 Å². The van der Waals surface area contributed by atoms with Gasteiger partial charge in [0.2, 0.25) is 0 Å². The minimum Gasteiger partial charge on any atom is -0.351 e. The minimum absolute atomic E-state index is 0.102. The first-order valence-corrected chi connectivity index (χ1v) is 7.28. The van der Waals surface area contributed by atoms with Crippen LogP contribution in [-0.2, 0) is 6.42 Å². The van der Waals surface area contributed by atoms with E-state index < -0.39 is 0 Å². The zero-order valence-corrected chi connectivity index (χ0v) is 11.9. The van der Waals surface area contributed by atoms with Gasteiger partial charge in [0.15, 0.2) is 0 Å². The molecule has 22 heavy (non-hydrogen) atoms. The Morgan fingerprint density at radius 2 is 2.14 bits per heavy atom. The van der Waals surface area contributed by atoms with E-state index in [1.165, 1.54) is 0 Å². The van der Waals surface area contributed by atoms with Gasteiger partial charge in [0.1, 0.15) is 11.5 Å². The number of hydrogen-bond acceptors (Lipinski definition) is 3. The fourth-order valence-electron chi connectivity index (χ4n) is 2.76. The lowest BCUT2D eigenvalue weighted by molar-refractivity contribution is 0.0951. The van der Waals surface area contributed by atoms with E-state index in [-0.39, 0.29) is 5.91 Å². The molecule has 6 nitrogen and oxygen atoms in total. The standard InChI is InChI=1S/C16H15N5O/c22-16-14-12(5-3-7-18-16)19-15(20-14)11-4-1-2-6-13(11)21-9-8-17-10-21/h1-2,4,6,8-10H,3,5,7H2,(H,18,22)(H,19,20). The second kappa shape index (κ2) is 5.14. The summed E-state index contributed by atoms with van der Waals surface area (Å²) in [7, 11) is 0. The Kier molecular flexibility index (Phi) is 3.00. The monoisotopic (exact) mass is 293 g/mol. The number of nitrogens with one attached hydrogen (secondary N) is 2. The number of aryl methyl sites for hydroxylation is 1. The van der Waals surface area contributed by atoms with Crippen LogP contribution in [-0.4, -0.2) is 32.0 Å². The fourth-order valence-corrected chi connectivity index (χ4v) is 2.76. The molecular weight excluding hydrogens is 278 g/mol. The van der Waals surface area contributed by atoms with Gasteiger partial charge < -0.3 is 14.9 Å². The van der Waals surface area contributed by atoms with Gasteiger partial charge in [-0.25, -0.2) is 9.97 Å². The second-order valence-electron chi connectivity index (χ2n) is 5.26. The van der Waals surface area contributed by atoms with Gasteiger partial charge in [0, 0.05) is 30.2 Å². The second-order valence-corrected chi connectivity index (χ2v) is 5.26. The first kappa shape index (κ1) is 12.8. The number of carbonyl (C=O) groups is 1. The van der Waals surface area contributed by atoms with Crippen LogP contribution in [0.25, 0.3) is 17.1 Å². The number of amides is 1. The lowest BCUT2D eigenvalue weighted by atomic mass is 10.1. The molecule has 6 heteroatoms. The van der Waals surface area contributed by atoms with E-state index in [2.05, 4.69) is 20.3 Å². The molecule has 0 bridgehead atoms. The van der Waals surface area contributed by atoms with Crippen LogP contribution in [0.3, 0.4) is 0 Å². The van der Waals surface area contributed by atoms with E-state index >= 15 is 0 Å². The Labute approximate surface area is 127 Å². The van der Waals surface area contributed by atoms with Gasteiger partial charge in [-0.05, 0) is 25.0 Å². The Hall–Kier alpha value is -2.89. The quantitative estimate of drug-likeness (QED) is 0.758. The van der Waals surface area contributed by atoms with Gasteiger partial charge in [0.05, 0.1) is 12.0 Å². The topological polar surface area (TPSA) is 75.6 Å². The van der Waals surface area contributed by atoms with Crippen molar-refractivity contribution >= 4 is 5.91 Å². The molecule has 0 saturated carbocycles. The summed E-state index contributed by atoms with van der Waals surface area (Å²) in [5.41, 5.74) is 3.34. The molecule has 0 fully saturated rings. The third-order valence-corrected chi connectivity index (χ3v) is 3.82. The number of imidazole rings is 2. The van der Waals surface area contributed by atoms with E-state index in [1.54, 1.807) is 12.5 Å². The van der Waals surface area contributed by atoms with Crippen LogP contribution in [0.15, 0.2) is 43.0 Å². The Balaban J connectivity index is 1.84. The highest BCUT2D eigenvalue weighted by Crippen LogP contribution is 2.26. The molecule has 3 aromatic rings. The fraction of sp³-hybridized carbons (Fsp3) is 0.188. The van der Waals surface area contributed by atoms with Crippen molar-refractivity contribution in [3.8, 4) is 17.1 Å². The highest BCUT2D eigenvalue weighted by Gasteiger charge is 2.21. The summed E-state index contributed by atoms with van der Waals surface area (Å²) in [4.78, 5) is 24.0. The third kappa shape index (κ3) is 2.09. The summed E-state index contributed by atoms with van der Waals surface area (Å²) in [5, 5.41) is 2.87. The molecule has 2 N–H and O–H groups in total. The molecule has 0 saturated heterocycles. The molecule has 1 aromatic carbocycles. The van der Waals surface area contributed by atoms with Crippen LogP contribution >= 0.6 is 0 Å². The summed E-state index contributed by atoms with van der Waals surface area (Å²) >= 11 is 0. The van der Waals surface area contributed by atoms with Crippen molar-refractivity contribution < 1.29 is 4.79 Å². The van der Waals surface area contributed by atoms with Gasteiger partial charge in [0.25, 0.3) is 5.91 Å². The van der Waals surface area contributed by atoms with E-state index in [4.69, 9.17) is 0 Å². The van der Waals surface area contributed by atoms with Gasteiger partial charge in [-0.15, -0.1) is 0 Å². The summed E-state index contributed by atoms with van der Waals surface area (Å²) in [6.45, 7) is 0.698. The van der Waals surface area contributed by atoms with Crippen molar-refractivity contribution in [1.82, 2.24) is 24.8 Å². The maximum Gasteiger partial charge on any atom is 0.271 e. The number of para-hydroxylation sites is 1. The average molecular weight is 293 g/mol. The highest BCUT2D eigenvalue weighted by molar-refractivity contribution is 5.94. The van der Waals surface area contributed by atoms with Crippen molar-refractivity contribution in [3.05, 3.63) is 54.4 Å². The summed E-state index contributed by atoms with van der Waals surface area (Å²) in [6.07, 6.45) is 7.12. The number of aromatic nitrogens is 4. The first-order valence-electron chi connectivity index (χ1n) is 7.28. The van der Waals surface area contributed by atoms with Crippen LogP contribution in [0.4, 0.5) is 0 Å². The molecule has 0 radical (unpaired) electrons. The Bertz CT molecular complexity index is 819. The van der Waals surface area contributed by atoms with E-state index in [9.17, 15) is 4.79 Å². The molecule has 110 valence electrons. The Morgan fingerprint density at radius 1 is 1.23 bits per heavy atom. The normalized spacial score (nSPS) is 14.3.